The summed E-state index contributed by atoms with van der Waals surface area (Å²) in [4.78, 5) is 25.1. The van der Waals surface area contributed by atoms with Crippen LogP contribution < -0.4 is 0 Å². The zero-order valence-electron chi connectivity index (χ0n) is 19.3. The van der Waals surface area contributed by atoms with Crippen LogP contribution in [0.4, 0.5) is 0 Å². The van der Waals surface area contributed by atoms with Gasteiger partial charge in [0.1, 0.15) is 0 Å². The Morgan fingerprint density at radius 1 is 1.11 bits per heavy atom. The van der Waals surface area contributed by atoms with Crippen molar-refractivity contribution in [2.45, 2.75) is 87.0 Å². The topological polar surface area (TPSA) is 63.6 Å². The van der Waals surface area contributed by atoms with E-state index in [4.69, 9.17) is 4.74 Å². The molecule has 28 heavy (non-hydrogen) atoms. The molecule has 0 amide bonds. The number of hydrogen-bond donors (Lipinski definition) is 1. The van der Waals surface area contributed by atoms with Crippen LogP contribution in [0.15, 0.2) is 0 Å². The van der Waals surface area contributed by atoms with Gasteiger partial charge in [0.25, 0.3) is 0 Å². The molecular formula is C24H42O4. The molecule has 0 aromatic rings. The highest BCUT2D eigenvalue weighted by Gasteiger charge is 2.65. The number of rotatable bonds is 6. The molecule has 2 rings (SSSR count). The normalized spacial score (nSPS) is 40.5. The van der Waals surface area contributed by atoms with Gasteiger partial charge in [0.05, 0.1) is 18.4 Å². The first kappa shape index (κ1) is 23.2. The summed E-state index contributed by atoms with van der Waals surface area (Å²) in [7, 11) is 1.49. The van der Waals surface area contributed by atoms with Crippen molar-refractivity contribution in [2.24, 2.45) is 45.8 Å². The Kier molecular flexibility index (Phi) is 6.63. The van der Waals surface area contributed by atoms with Gasteiger partial charge in [-0.05, 0) is 67.1 Å². The van der Waals surface area contributed by atoms with Crippen LogP contribution in [0.25, 0.3) is 0 Å². The van der Waals surface area contributed by atoms with Crippen molar-refractivity contribution in [3.05, 3.63) is 0 Å². The number of carboxylic acid groups (broad SMARTS) is 1. The van der Waals surface area contributed by atoms with E-state index >= 15 is 0 Å². The Morgan fingerprint density at radius 3 is 2.18 bits per heavy atom. The van der Waals surface area contributed by atoms with Crippen molar-refractivity contribution < 1.29 is 19.4 Å². The number of carbonyl (C=O) groups excluding carboxylic acids is 1. The molecule has 0 aromatic heterocycles. The molecule has 0 aromatic carbocycles. The number of ether oxygens (including phenoxy) is 1. The monoisotopic (exact) mass is 394 g/mol. The maximum Gasteiger partial charge on any atom is 0.309 e. The maximum atomic E-state index is 12.8. The molecule has 4 heteroatoms. The van der Waals surface area contributed by atoms with Gasteiger partial charge in [0.15, 0.2) is 0 Å². The van der Waals surface area contributed by atoms with Crippen molar-refractivity contribution in [1.82, 2.24) is 0 Å². The summed E-state index contributed by atoms with van der Waals surface area (Å²) in [6.45, 7) is 15.4. The fourth-order valence-corrected chi connectivity index (χ4v) is 7.74. The van der Waals surface area contributed by atoms with E-state index in [1.165, 1.54) is 7.11 Å². The summed E-state index contributed by atoms with van der Waals surface area (Å²) in [6, 6.07) is 0. The van der Waals surface area contributed by atoms with E-state index in [0.717, 1.165) is 38.5 Å². The second kappa shape index (κ2) is 7.99. The van der Waals surface area contributed by atoms with Crippen LogP contribution in [0, 0.1) is 45.8 Å². The van der Waals surface area contributed by atoms with E-state index in [9.17, 15) is 14.7 Å². The Hall–Kier alpha value is -1.06. The summed E-state index contributed by atoms with van der Waals surface area (Å²) >= 11 is 0. The van der Waals surface area contributed by atoms with Crippen molar-refractivity contribution in [3.63, 3.8) is 0 Å². The van der Waals surface area contributed by atoms with Crippen molar-refractivity contribution in [3.8, 4) is 0 Å². The van der Waals surface area contributed by atoms with Gasteiger partial charge in [0.2, 0.25) is 0 Å². The molecule has 0 heterocycles. The van der Waals surface area contributed by atoms with Gasteiger partial charge >= 0.3 is 11.9 Å². The SMILES string of the molecule is CCC1C2(C)CCCC(C)(C(=O)O)C2CCC1(C(C)C(=O)OC)C(C)C(C)C. The molecule has 162 valence electrons. The highest BCUT2D eigenvalue weighted by molar-refractivity contribution is 5.75. The van der Waals surface area contributed by atoms with Crippen molar-refractivity contribution in [2.75, 3.05) is 7.11 Å². The number of aliphatic carboxylic acids is 1. The molecule has 1 N–H and O–H groups in total. The number of hydrogen-bond acceptors (Lipinski definition) is 3. The van der Waals surface area contributed by atoms with Gasteiger partial charge in [-0.3, -0.25) is 9.59 Å². The second-order valence-corrected chi connectivity index (χ2v) is 10.5. The predicted octanol–water partition coefficient (Wildman–Crippen LogP) is 5.79. The molecule has 0 bridgehead atoms. The smallest absolute Gasteiger partial charge is 0.309 e. The van der Waals surface area contributed by atoms with Crippen LogP contribution in [0.2, 0.25) is 0 Å². The van der Waals surface area contributed by atoms with Gasteiger partial charge in [-0.1, -0.05) is 54.4 Å². The van der Waals surface area contributed by atoms with Gasteiger partial charge in [0, 0.05) is 0 Å². The average Bonchev–Trinajstić information content (AvgIpc) is 2.64. The van der Waals surface area contributed by atoms with E-state index in [1.54, 1.807) is 0 Å². The molecule has 7 atom stereocenters. The van der Waals surface area contributed by atoms with Gasteiger partial charge < -0.3 is 9.84 Å². The number of fused-ring (bicyclic) bond motifs is 1. The number of esters is 1. The third-order valence-electron chi connectivity index (χ3n) is 9.39. The fourth-order valence-electron chi connectivity index (χ4n) is 7.74. The lowest BCUT2D eigenvalue weighted by Crippen LogP contribution is -2.62. The highest BCUT2D eigenvalue weighted by Crippen LogP contribution is 2.69. The first-order valence-electron chi connectivity index (χ1n) is 11.2. The molecule has 0 saturated heterocycles. The van der Waals surface area contributed by atoms with Crippen LogP contribution >= 0.6 is 0 Å². The van der Waals surface area contributed by atoms with E-state index < -0.39 is 11.4 Å². The molecule has 0 radical (unpaired) electrons. The van der Waals surface area contributed by atoms with Crippen LogP contribution in [0.5, 0.6) is 0 Å². The van der Waals surface area contributed by atoms with Crippen LogP contribution in [0.1, 0.15) is 87.0 Å². The van der Waals surface area contributed by atoms with Crippen LogP contribution in [0.3, 0.4) is 0 Å². The summed E-state index contributed by atoms with van der Waals surface area (Å²) < 4.78 is 5.23. The zero-order chi connectivity index (χ0) is 21.5. The Morgan fingerprint density at radius 2 is 1.71 bits per heavy atom. The maximum absolute atomic E-state index is 12.8. The Labute approximate surface area is 171 Å². The standard InChI is InChI=1S/C24H42O4/c1-9-18-22(6)12-10-13-23(7,21(26)27)19(22)11-14-24(18,16(4)15(2)3)17(5)20(25)28-8/h15-19H,9-14H2,1-8H3,(H,26,27). The molecule has 2 fully saturated rings. The molecule has 4 nitrogen and oxygen atoms in total. The third-order valence-corrected chi connectivity index (χ3v) is 9.39. The summed E-state index contributed by atoms with van der Waals surface area (Å²) in [5.74, 6) is 0.333. The minimum atomic E-state index is -0.665. The molecule has 2 saturated carbocycles. The predicted molar refractivity (Wildman–Crippen MR) is 112 cm³/mol. The first-order valence-corrected chi connectivity index (χ1v) is 11.2. The largest absolute Gasteiger partial charge is 0.481 e. The number of carboxylic acids is 1. The molecule has 2 aliphatic rings. The molecule has 0 aliphatic heterocycles. The summed E-state index contributed by atoms with van der Waals surface area (Å²) in [5.41, 5.74) is -0.885. The van der Waals surface area contributed by atoms with Gasteiger partial charge in [-0.25, -0.2) is 0 Å². The van der Waals surface area contributed by atoms with E-state index in [0.29, 0.717) is 17.8 Å². The second-order valence-electron chi connectivity index (χ2n) is 10.5. The van der Waals surface area contributed by atoms with E-state index in [2.05, 4.69) is 41.5 Å². The quantitative estimate of drug-likeness (QED) is 0.579. The fraction of sp³-hybridized carbons (Fsp3) is 0.917. The third kappa shape index (κ3) is 3.19. The van der Waals surface area contributed by atoms with Crippen molar-refractivity contribution >= 4 is 11.9 Å². The number of carbonyl (C=O) groups is 2. The molecule has 2 aliphatic carbocycles. The average molecular weight is 395 g/mol. The Balaban J connectivity index is 2.64. The van der Waals surface area contributed by atoms with Crippen molar-refractivity contribution in [1.29, 1.82) is 0 Å². The number of methoxy groups -OCH3 is 1. The van der Waals surface area contributed by atoms with Crippen LogP contribution in [-0.2, 0) is 14.3 Å². The molecule has 7 unspecified atom stereocenters. The zero-order valence-corrected chi connectivity index (χ0v) is 19.3. The Bertz CT molecular complexity index is 599. The molecular weight excluding hydrogens is 352 g/mol. The summed E-state index contributed by atoms with van der Waals surface area (Å²) in [6.07, 6.45) is 5.53. The minimum Gasteiger partial charge on any atom is -0.481 e. The lowest BCUT2D eigenvalue weighted by atomic mass is 9.38. The lowest BCUT2D eigenvalue weighted by molar-refractivity contribution is -0.201. The minimum absolute atomic E-state index is 0.0657. The first-order chi connectivity index (χ1) is 12.9. The summed E-state index contributed by atoms with van der Waals surface area (Å²) in [5, 5.41) is 10.1. The van der Waals surface area contributed by atoms with Gasteiger partial charge in [-0.15, -0.1) is 0 Å². The van der Waals surface area contributed by atoms with E-state index in [-0.39, 0.29) is 28.6 Å². The highest BCUT2D eigenvalue weighted by atomic mass is 16.5. The molecule has 0 spiro atoms. The van der Waals surface area contributed by atoms with E-state index in [1.807, 2.05) is 6.92 Å². The lowest BCUT2D eigenvalue weighted by Gasteiger charge is -2.65. The van der Waals surface area contributed by atoms with Gasteiger partial charge in [-0.2, -0.15) is 0 Å². The van der Waals surface area contributed by atoms with Crippen LogP contribution in [-0.4, -0.2) is 24.2 Å².